The van der Waals surface area contributed by atoms with Gasteiger partial charge in [0.2, 0.25) is 0 Å². The molecule has 1 atom stereocenters. The Bertz CT molecular complexity index is 935. The van der Waals surface area contributed by atoms with Gasteiger partial charge in [0.15, 0.2) is 5.96 Å². The standard InChI is InChI=1S/C22H24F3N3O/c1-14(2)12-21(3)19(29)28(20(26)27-21)13-15-7-9-16(10-8-15)17-5-4-6-18(11-17)22(23,24)25/h4-11,14H,12-13H2,1-3H3,(H2,26,27). The summed E-state index contributed by atoms with van der Waals surface area (Å²) in [6.07, 6.45) is -3.77. The number of amides is 1. The van der Waals surface area contributed by atoms with Crippen LogP contribution in [0, 0.1) is 5.92 Å². The monoisotopic (exact) mass is 403 g/mol. The van der Waals surface area contributed by atoms with Gasteiger partial charge in [0.05, 0.1) is 12.1 Å². The van der Waals surface area contributed by atoms with E-state index in [0.717, 1.165) is 17.7 Å². The highest BCUT2D eigenvalue weighted by molar-refractivity contribution is 6.06. The van der Waals surface area contributed by atoms with Gasteiger partial charge in [0, 0.05) is 0 Å². The van der Waals surface area contributed by atoms with E-state index in [4.69, 9.17) is 5.73 Å². The van der Waals surface area contributed by atoms with Crippen molar-refractivity contribution in [1.82, 2.24) is 4.90 Å². The fraction of sp³-hybridized carbons (Fsp3) is 0.364. The van der Waals surface area contributed by atoms with Crippen LogP contribution in [-0.4, -0.2) is 22.3 Å². The molecule has 1 amide bonds. The SMILES string of the molecule is CC(C)CC1(C)N=C(N)N(Cc2ccc(-c3cccc(C(F)(F)F)c3)cc2)C1=O. The summed E-state index contributed by atoms with van der Waals surface area (Å²) in [7, 11) is 0. The number of benzene rings is 2. The Morgan fingerprint density at radius 2 is 1.76 bits per heavy atom. The summed E-state index contributed by atoms with van der Waals surface area (Å²) in [6.45, 7) is 6.11. The molecule has 2 aromatic carbocycles. The molecule has 0 aromatic heterocycles. The number of guanidine groups is 1. The summed E-state index contributed by atoms with van der Waals surface area (Å²) >= 11 is 0. The normalized spacial score (nSPS) is 19.8. The smallest absolute Gasteiger partial charge is 0.369 e. The van der Waals surface area contributed by atoms with Crippen molar-refractivity contribution in [3.05, 3.63) is 59.7 Å². The largest absolute Gasteiger partial charge is 0.416 e. The molecule has 0 bridgehead atoms. The van der Waals surface area contributed by atoms with E-state index in [9.17, 15) is 18.0 Å². The number of carbonyl (C=O) groups excluding carboxylic acids is 1. The number of nitrogens with two attached hydrogens (primary N) is 1. The number of aliphatic imine (C=N–C) groups is 1. The molecular formula is C22H24F3N3O. The molecule has 1 heterocycles. The second kappa shape index (κ2) is 7.54. The van der Waals surface area contributed by atoms with Gasteiger partial charge < -0.3 is 5.73 Å². The van der Waals surface area contributed by atoms with E-state index in [2.05, 4.69) is 4.99 Å². The van der Waals surface area contributed by atoms with Crippen LogP contribution in [0.5, 0.6) is 0 Å². The Hall–Kier alpha value is -2.83. The number of nitrogens with zero attached hydrogens (tertiary/aromatic N) is 2. The molecule has 0 saturated carbocycles. The molecule has 0 spiro atoms. The first-order valence-corrected chi connectivity index (χ1v) is 9.43. The van der Waals surface area contributed by atoms with Gasteiger partial charge in [0.25, 0.3) is 5.91 Å². The summed E-state index contributed by atoms with van der Waals surface area (Å²) in [6, 6.07) is 12.3. The van der Waals surface area contributed by atoms with Gasteiger partial charge in [0.1, 0.15) is 5.54 Å². The predicted molar refractivity (Wildman–Crippen MR) is 107 cm³/mol. The molecule has 0 aliphatic carbocycles. The third-order valence-corrected chi connectivity index (χ3v) is 4.97. The summed E-state index contributed by atoms with van der Waals surface area (Å²) < 4.78 is 38.8. The molecule has 0 fully saturated rings. The average molecular weight is 403 g/mol. The van der Waals surface area contributed by atoms with Crippen LogP contribution in [0.2, 0.25) is 0 Å². The van der Waals surface area contributed by atoms with Gasteiger partial charge in [-0.05, 0) is 48.1 Å². The molecule has 1 aliphatic heterocycles. The van der Waals surface area contributed by atoms with Crippen LogP contribution in [0.4, 0.5) is 13.2 Å². The first kappa shape index (κ1) is 20.9. The van der Waals surface area contributed by atoms with Crippen molar-refractivity contribution in [1.29, 1.82) is 0 Å². The van der Waals surface area contributed by atoms with Crippen LogP contribution < -0.4 is 5.73 Å². The second-order valence-electron chi connectivity index (χ2n) is 8.01. The summed E-state index contributed by atoms with van der Waals surface area (Å²) in [5, 5.41) is 0. The Kier molecular flexibility index (Phi) is 5.43. The first-order chi connectivity index (χ1) is 13.5. The Balaban J connectivity index is 1.77. The Morgan fingerprint density at radius 1 is 1.10 bits per heavy atom. The highest BCUT2D eigenvalue weighted by Crippen LogP contribution is 2.33. The maximum atomic E-state index is 12.9. The third kappa shape index (κ3) is 4.44. The molecule has 4 nitrogen and oxygen atoms in total. The fourth-order valence-electron chi connectivity index (χ4n) is 3.70. The van der Waals surface area contributed by atoms with E-state index in [1.807, 2.05) is 13.8 Å². The molecule has 154 valence electrons. The van der Waals surface area contributed by atoms with Gasteiger partial charge in [-0.3, -0.25) is 9.69 Å². The van der Waals surface area contributed by atoms with Gasteiger partial charge in [-0.15, -0.1) is 0 Å². The van der Waals surface area contributed by atoms with E-state index < -0.39 is 17.3 Å². The van der Waals surface area contributed by atoms with E-state index in [1.54, 1.807) is 37.3 Å². The van der Waals surface area contributed by atoms with Crippen LogP contribution in [-0.2, 0) is 17.5 Å². The molecular weight excluding hydrogens is 379 g/mol. The van der Waals surface area contributed by atoms with Gasteiger partial charge in [-0.1, -0.05) is 50.2 Å². The highest BCUT2D eigenvalue weighted by Gasteiger charge is 2.44. The number of rotatable bonds is 5. The Morgan fingerprint density at radius 3 is 2.34 bits per heavy atom. The molecule has 1 unspecified atom stereocenters. The van der Waals surface area contributed by atoms with Crippen molar-refractivity contribution in [3.8, 4) is 11.1 Å². The number of halogens is 3. The summed E-state index contributed by atoms with van der Waals surface area (Å²) in [5.74, 6) is 0.359. The molecule has 1 aliphatic rings. The lowest BCUT2D eigenvalue weighted by Gasteiger charge is -2.23. The maximum Gasteiger partial charge on any atom is 0.416 e. The second-order valence-corrected chi connectivity index (χ2v) is 8.01. The highest BCUT2D eigenvalue weighted by atomic mass is 19.4. The van der Waals surface area contributed by atoms with Crippen LogP contribution in [0.3, 0.4) is 0 Å². The van der Waals surface area contributed by atoms with Crippen molar-refractivity contribution >= 4 is 11.9 Å². The fourth-order valence-corrected chi connectivity index (χ4v) is 3.70. The van der Waals surface area contributed by atoms with Crippen molar-refractivity contribution < 1.29 is 18.0 Å². The molecule has 3 rings (SSSR count). The van der Waals surface area contributed by atoms with Crippen molar-refractivity contribution in [2.45, 2.75) is 45.5 Å². The topological polar surface area (TPSA) is 58.7 Å². The minimum Gasteiger partial charge on any atom is -0.369 e. The Labute approximate surface area is 168 Å². The zero-order valence-corrected chi connectivity index (χ0v) is 16.6. The first-order valence-electron chi connectivity index (χ1n) is 9.43. The summed E-state index contributed by atoms with van der Waals surface area (Å²) in [5.41, 5.74) is 6.43. The van der Waals surface area contributed by atoms with Crippen molar-refractivity contribution in [3.63, 3.8) is 0 Å². The minimum absolute atomic E-state index is 0.134. The van der Waals surface area contributed by atoms with Crippen LogP contribution in [0.15, 0.2) is 53.5 Å². The van der Waals surface area contributed by atoms with E-state index in [-0.39, 0.29) is 18.4 Å². The van der Waals surface area contributed by atoms with Crippen molar-refractivity contribution in [2.75, 3.05) is 0 Å². The predicted octanol–water partition coefficient (Wildman–Crippen LogP) is 4.83. The lowest BCUT2D eigenvalue weighted by Crippen LogP contribution is -2.43. The average Bonchev–Trinajstić information content (AvgIpc) is 2.84. The van der Waals surface area contributed by atoms with Gasteiger partial charge >= 0.3 is 6.18 Å². The lowest BCUT2D eigenvalue weighted by molar-refractivity contribution is -0.137. The maximum absolute atomic E-state index is 12.9. The lowest BCUT2D eigenvalue weighted by atomic mass is 9.91. The molecule has 0 saturated heterocycles. The molecule has 7 heteroatoms. The zero-order chi connectivity index (χ0) is 21.4. The number of alkyl halides is 3. The van der Waals surface area contributed by atoms with Crippen LogP contribution >= 0.6 is 0 Å². The quantitative estimate of drug-likeness (QED) is 0.777. The number of hydrogen-bond acceptors (Lipinski definition) is 3. The van der Waals surface area contributed by atoms with Gasteiger partial charge in [-0.25, -0.2) is 4.99 Å². The zero-order valence-electron chi connectivity index (χ0n) is 16.6. The third-order valence-electron chi connectivity index (χ3n) is 4.97. The van der Waals surface area contributed by atoms with E-state index in [0.29, 0.717) is 23.5 Å². The van der Waals surface area contributed by atoms with Crippen LogP contribution in [0.1, 0.15) is 38.3 Å². The molecule has 0 radical (unpaired) electrons. The molecule has 2 N–H and O–H groups in total. The molecule has 2 aromatic rings. The van der Waals surface area contributed by atoms with E-state index in [1.165, 1.54) is 11.0 Å². The summed E-state index contributed by atoms with van der Waals surface area (Å²) in [4.78, 5) is 18.7. The minimum atomic E-state index is -4.38. The van der Waals surface area contributed by atoms with Gasteiger partial charge in [-0.2, -0.15) is 13.2 Å². The number of carbonyl (C=O) groups is 1. The number of hydrogen-bond donors (Lipinski definition) is 1. The van der Waals surface area contributed by atoms with E-state index >= 15 is 0 Å². The molecule has 29 heavy (non-hydrogen) atoms. The van der Waals surface area contributed by atoms with Crippen LogP contribution in [0.25, 0.3) is 11.1 Å². The van der Waals surface area contributed by atoms with Crippen molar-refractivity contribution in [2.24, 2.45) is 16.6 Å².